The number of carboxylic acid groups (broad SMARTS) is 1. The van der Waals surface area contributed by atoms with E-state index in [2.05, 4.69) is 0 Å². The van der Waals surface area contributed by atoms with E-state index in [9.17, 15) is 19.5 Å². The molecule has 1 saturated heterocycles. The van der Waals surface area contributed by atoms with Crippen LogP contribution >= 0.6 is 0 Å². The van der Waals surface area contributed by atoms with Crippen LogP contribution in [-0.2, 0) is 19.1 Å². The van der Waals surface area contributed by atoms with Gasteiger partial charge in [0.05, 0.1) is 11.8 Å². The summed E-state index contributed by atoms with van der Waals surface area (Å²) in [5, 5.41) is 9.30. The van der Waals surface area contributed by atoms with Gasteiger partial charge in [-0.15, -0.1) is 0 Å². The van der Waals surface area contributed by atoms with Crippen LogP contribution in [0.4, 0.5) is 5.69 Å². The van der Waals surface area contributed by atoms with Crippen LogP contribution in [0.25, 0.3) is 0 Å². The number of hydrogen-bond acceptors (Lipinski definition) is 5. The Hall–Kier alpha value is -2.61. The highest BCUT2D eigenvalue weighted by atomic mass is 16.5. The Morgan fingerprint density at radius 3 is 2.84 bits per heavy atom. The molecule has 2 aliphatic rings. The number of amides is 2. The highest BCUT2D eigenvalue weighted by Crippen LogP contribution is 2.31. The number of carbonyl (C=O) groups is 3. The first-order valence-corrected chi connectivity index (χ1v) is 8.08. The Morgan fingerprint density at radius 2 is 2.12 bits per heavy atom. The third kappa shape index (κ3) is 3.43. The number of ether oxygens (including phenoxy) is 2. The molecule has 3 rings (SSSR count). The number of anilines is 1. The first kappa shape index (κ1) is 17.2. The first-order valence-electron chi connectivity index (χ1n) is 8.08. The molecule has 2 amide bonds. The van der Waals surface area contributed by atoms with Crippen molar-refractivity contribution in [2.75, 3.05) is 31.7 Å². The van der Waals surface area contributed by atoms with Crippen molar-refractivity contribution in [1.82, 2.24) is 4.90 Å². The maximum Gasteiger partial charge on any atom is 0.326 e. The Balaban J connectivity index is 1.68. The summed E-state index contributed by atoms with van der Waals surface area (Å²) in [6, 6.07) is 6.24. The SMILES string of the molecule is COC1CC(C(=O)O)N(C(=O)CCN2C(=O)COc3ccccc32)C1. The Kier molecular flexibility index (Phi) is 4.89. The van der Waals surface area contributed by atoms with Gasteiger partial charge in [-0.2, -0.15) is 0 Å². The number of aliphatic carboxylic acids is 1. The predicted octanol–water partition coefficient (Wildman–Crippen LogP) is 0.503. The summed E-state index contributed by atoms with van der Waals surface area (Å²) in [7, 11) is 1.50. The van der Waals surface area contributed by atoms with Crippen LogP contribution in [0, 0.1) is 0 Å². The molecule has 1 aromatic carbocycles. The highest BCUT2D eigenvalue weighted by molar-refractivity contribution is 5.98. The van der Waals surface area contributed by atoms with Gasteiger partial charge in [0.25, 0.3) is 5.91 Å². The van der Waals surface area contributed by atoms with Gasteiger partial charge in [-0.1, -0.05) is 12.1 Å². The molecule has 2 unspecified atom stereocenters. The van der Waals surface area contributed by atoms with E-state index in [1.165, 1.54) is 16.9 Å². The van der Waals surface area contributed by atoms with Gasteiger partial charge in [-0.05, 0) is 12.1 Å². The summed E-state index contributed by atoms with van der Waals surface area (Å²) in [5.74, 6) is -0.972. The lowest BCUT2D eigenvalue weighted by atomic mass is 10.2. The van der Waals surface area contributed by atoms with Crippen LogP contribution < -0.4 is 9.64 Å². The summed E-state index contributed by atoms with van der Waals surface area (Å²) in [6.07, 6.45) is 0.0350. The third-order valence-corrected chi connectivity index (χ3v) is 4.56. The molecule has 25 heavy (non-hydrogen) atoms. The Bertz CT molecular complexity index is 691. The maximum absolute atomic E-state index is 12.5. The van der Waals surface area contributed by atoms with Crippen molar-refractivity contribution in [2.24, 2.45) is 0 Å². The van der Waals surface area contributed by atoms with E-state index in [1.54, 1.807) is 18.2 Å². The molecule has 0 aliphatic carbocycles. The molecule has 1 N–H and O–H groups in total. The second-order valence-electron chi connectivity index (χ2n) is 6.05. The third-order valence-electron chi connectivity index (χ3n) is 4.56. The molecule has 8 heteroatoms. The van der Waals surface area contributed by atoms with E-state index in [0.29, 0.717) is 11.4 Å². The normalized spacial score (nSPS) is 22.5. The summed E-state index contributed by atoms with van der Waals surface area (Å²) in [6.45, 7) is 0.358. The molecule has 0 aromatic heterocycles. The molecule has 0 bridgehead atoms. The molecular formula is C17H20N2O6. The second-order valence-corrected chi connectivity index (χ2v) is 6.05. The molecule has 134 valence electrons. The standard InChI is InChI=1S/C17H20N2O6/c1-24-11-8-13(17(22)23)19(9-11)15(20)6-7-18-12-4-2-3-5-14(12)25-10-16(18)21/h2-5,11,13H,6-10H2,1H3,(H,22,23). The van der Waals surface area contributed by atoms with E-state index in [4.69, 9.17) is 9.47 Å². The van der Waals surface area contributed by atoms with Crippen molar-refractivity contribution in [1.29, 1.82) is 0 Å². The van der Waals surface area contributed by atoms with E-state index in [0.717, 1.165) is 0 Å². The lowest BCUT2D eigenvalue weighted by Gasteiger charge is -2.30. The second kappa shape index (κ2) is 7.10. The molecular weight excluding hydrogens is 328 g/mol. The lowest BCUT2D eigenvalue weighted by molar-refractivity contribution is -0.148. The van der Waals surface area contributed by atoms with Crippen molar-refractivity contribution in [3.63, 3.8) is 0 Å². The molecule has 0 spiro atoms. The fraction of sp³-hybridized carbons (Fsp3) is 0.471. The quantitative estimate of drug-likeness (QED) is 0.832. The van der Waals surface area contributed by atoms with E-state index < -0.39 is 12.0 Å². The van der Waals surface area contributed by atoms with Crippen LogP contribution in [0.2, 0.25) is 0 Å². The monoisotopic (exact) mass is 348 g/mol. The van der Waals surface area contributed by atoms with Gasteiger partial charge in [0.1, 0.15) is 11.8 Å². The van der Waals surface area contributed by atoms with Crippen LogP contribution in [0.15, 0.2) is 24.3 Å². The first-order chi connectivity index (χ1) is 12.0. The van der Waals surface area contributed by atoms with E-state index in [-0.39, 0.29) is 50.5 Å². The minimum absolute atomic E-state index is 0.0420. The van der Waals surface area contributed by atoms with Gasteiger partial charge >= 0.3 is 5.97 Å². The lowest BCUT2D eigenvalue weighted by Crippen LogP contribution is -2.44. The van der Waals surface area contributed by atoms with Gasteiger partial charge in [0.15, 0.2) is 6.61 Å². The number of likely N-dealkylation sites (tertiary alicyclic amines) is 1. The zero-order chi connectivity index (χ0) is 18.0. The van der Waals surface area contributed by atoms with Gasteiger partial charge in [0, 0.05) is 33.0 Å². The average molecular weight is 348 g/mol. The smallest absolute Gasteiger partial charge is 0.326 e. The predicted molar refractivity (Wildman–Crippen MR) is 87.5 cm³/mol. The zero-order valence-electron chi connectivity index (χ0n) is 13.9. The van der Waals surface area contributed by atoms with Crippen LogP contribution in [0.3, 0.4) is 0 Å². The van der Waals surface area contributed by atoms with E-state index >= 15 is 0 Å². The minimum Gasteiger partial charge on any atom is -0.482 e. The molecule has 1 fully saturated rings. The number of nitrogens with zero attached hydrogens (tertiary/aromatic N) is 2. The van der Waals surface area contributed by atoms with Crippen molar-refractivity contribution in [2.45, 2.75) is 25.0 Å². The molecule has 2 aliphatic heterocycles. The van der Waals surface area contributed by atoms with Gasteiger partial charge < -0.3 is 24.4 Å². The van der Waals surface area contributed by atoms with Crippen LogP contribution in [-0.4, -0.2) is 66.7 Å². The Labute approximate surface area is 144 Å². The summed E-state index contributed by atoms with van der Waals surface area (Å²) >= 11 is 0. The number of methoxy groups -OCH3 is 1. The fourth-order valence-corrected chi connectivity index (χ4v) is 3.23. The number of fused-ring (bicyclic) bond motifs is 1. The molecule has 0 saturated carbocycles. The molecule has 8 nitrogen and oxygen atoms in total. The number of benzene rings is 1. The van der Waals surface area contributed by atoms with Gasteiger partial charge in [0.2, 0.25) is 5.91 Å². The van der Waals surface area contributed by atoms with Gasteiger partial charge in [-0.25, -0.2) is 4.79 Å². The Morgan fingerprint density at radius 1 is 1.36 bits per heavy atom. The maximum atomic E-state index is 12.5. The summed E-state index contributed by atoms with van der Waals surface area (Å²) in [4.78, 5) is 38.9. The summed E-state index contributed by atoms with van der Waals surface area (Å²) in [5.41, 5.74) is 0.623. The number of rotatable bonds is 5. The van der Waals surface area contributed by atoms with Crippen LogP contribution in [0.5, 0.6) is 5.75 Å². The largest absolute Gasteiger partial charge is 0.482 e. The summed E-state index contributed by atoms with van der Waals surface area (Å²) < 4.78 is 10.6. The zero-order valence-corrected chi connectivity index (χ0v) is 13.9. The average Bonchev–Trinajstić information content (AvgIpc) is 3.05. The number of para-hydroxylation sites is 2. The molecule has 2 atom stereocenters. The van der Waals surface area contributed by atoms with Crippen molar-refractivity contribution in [3.8, 4) is 5.75 Å². The minimum atomic E-state index is -1.04. The highest BCUT2D eigenvalue weighted by Gasteiger charge is 2.39. The van der Waals surface area contributed by atoms with Crippen LogP contribution in [0.1, 0.15) is 12.8 Å². The van der Waals surface area contributed by atoms with Gasteiger partial charge in [-0.3, -0.25) is 9.59 Å². The molecule has 1 aromatic rings. The molecule has 2 heterocycles. The number of carboxylic acids is 1. The topological polar surface area (TPSA) is 96.4 Å². The van der Waals surface area contributed by atoms with Crippen molar-refractivity contribution in [3.05, 3.63) is 24.3 Å². The van der Waals surface area contributed by atoms with Crippen molar-refractivity contribution < 1.29 is 29.0 Å². The fourth-order valence-electron chi connectivity index (χ4n) is 3.23. The molecule has 0 radical (unpaired) electrons. The number of hydrogen-bond donors (Lipinski definition) is 1. The van der Waals surface area contributed by atoms with E-state index in [1.807, 2.05) is 6.07 Å². The van der Waals surface area contributed by atoms with Crippen molar-refractivity contribution >= 4 is 23.5 Å². The number of carbonyl (C=O) groups excluding carboxylic acids is 2.